The minimum absolute atomic E-state index is 0.0426. The van der Waals surface area contributed by atoms with E-state index in [-0.39, 0.29) is 11.9 Å². The molecule has 16 heavy (non-hydrogen) atoms. The van der Waals surface area contributed by atoms with Crippen LogP contribution in [-0.2, 0) is 4.74 Å². The zero-order valence-electron chi connectivity index (χ0n) is 9.12. The van der Waals surface area contributed by atoms with Crippen molar-refractivity contribution in [2.24, 2.45) is 0 Å². The molecule has 2 rings (SSSR count). The third-order valence-corrected chi connectivity index (χ3v) is 3.09. The zero-order chi connectivity index (χ0) is 11.4. The summed E-state index contributed by atoms with van der Waals surface area (Å²) in [6.45, 7) is 0.680. The summed E-state index contributed by atoms with van der Waals surface area (Å²) < 4.78 is 5.72. The van der Waals surface area contributed by atoms with E-state index in [4.69, 9.17) is 16.3 Å². The number of alkyl halides is 1. The van der Waals surface area contributed by atoms with Crippen LogP contribution in [0, 0.1) is 0 Å². The number of halogens is 1. The summed E-state index contributed by atoms with van der Waals surface area (Å²) in [7, 11) is 0. The molecule has 0 saturated carbocycles. The highest BCUT2D eigenvalue weighted by atomic mass is 35.5. The predicted octanol–water partition coefficient (Wildman–Crippen LogP) is 3.35. The Balaban J connectivity index is 1.96. The van der Waals surface area contributed by atoms with Crippen LogP contribution in [0.2, 0.25) is 0 Å². The molecule has 1 aromatic rings. The third-order valence-electron chi connectivity index (χ3n) is 2.83. The Kier molecular flexibility index (Phi) is 3.97. The fourth-order valence-corrected chi connectivity index (χ4v) is 2.18. The summed E-state index contributed by atoms with van der Waals surface area (Å²) in [5.74, 6) is 0.863. The molecule has 0 bridgehead atoms. The maximum atomic E-state index is 11.7. The van der Waals surface area contributed by atoms with Crippen molar-refractivity contribution in [2.45, 2.75) is 25.4 Å². The van der Waals surface area contributed by atoms with E-state index in [9.17, 15) is 4.79 Å². The largest absolute Gasteiger partial charge is 0.373 e. The number of ether oxygens (including phenoxy) is 1. The third kappa shape index (κ3) is 2.45. The number of carbonyl (C=O) groups excluding carboxylic acids is 1. The lowest BCUT2D eigenvalue weighted by Gasteiger charge is -2.11. The summed E-state index contributed by atoms with van der Waals surface area (Å²) in [5, 5.41) is 0. The van der Waals surface area contributed by atoms with Gasteiger partial charge in [0.15, 0.2) is 5.78 Å². The van der Waals surface area contributed by atoms with Crippen molar-refractivity contribution in [1.29, 1.82) is 0 Å². The average Bonchev–Trinajstić information content (AvgIpc) is 2.63. The normalized spacial score (nSPS) is 18.8. The minimum Gasteiger partial charge on any atom is -0.373 e. The molecule has 0 radical (unpaired) electrons. The van der Waals surface area contributed by atoms with Crippen LogP contribution >= 0.6 is 11.6 Å². The highest BCUT2D eigenvalue weighted by Crippen LogP contribution is 2.33. The Hall–Kier alpha value is -0.860. The molecule has 0 amide bonds. The number of benzene rings is 1. The smallest absolute Gasteiger partial charge is 0.166 e. The summed E-state index contributed by atoms with van der Waals surface area (Å²) >= 11 is 5.59. The molecule has 1 atom stereocenters. The van der Waals surface area contributed by atoms with Crippen molar-refractivity contribution in [3.05, 3.63) is 35.4 Å². The molecule has 3 heteroatoms. The lowest BCUT2D eigenvalue weighted by molar-refractivity contribution is 0.0491. The van der Waals surface area contributed by atoms with Gasteiger partial charge in [-0.25, -0.2) is 0 Å². The van der Waals surface area contributed by atoms with Crippen LogP contribution in [0.5, 0.6) is 0 Å². The molecule has 0 N–H and O–H groups in total. The first-order chi connectivity index (χ1) is 7.83. The Bertz CT molecular complexity index is 376. The number of carbonyl (C=O) groups is 1. The maximum Gasteiger partial charge on any atom is 0.166 e. The van der Waals surface area contributed by atoms with Crippen molar-refractivity contribution in [2.75, 3.05) is 12.5 Å². The number of ketones is 1. The molecule has 0 aliphatic heterocycles. The van der Waals surface area contributed by atoms with E-state index in [2.05, 4.69) is 0 Å². The Morgan fingerprint density at radius 2 is 2.12 bits per heavy atom. The molecule has 1 aliphatic carbocycles. The van der Waals surface area contributed by atoms with Gasteiger partial charge in [-0.2, -0.15) is 0 Å². The van der Waals surface area contributed by atoms with Crippen LogP contribution in [-0.4, -0.2) is 18.3 Å². The van der Waals surface area contributed by atoms with E-state index >= 15 is 0 Å². The number of hydrogen-bond donors (Lipinski definition) is 0. The van der Waals surface area contributed by atoms with Crippen LogP contribution in [0.25, 0.3) is 0 Å². The highest BCUT2D eigenvalue weighted by Gasteiger charge is 2.29. The van der Waals surface area contributed by atoms with Gasteiger partial charge in [-0.15, -0.1) is 11.6 Å². The zero-order valence-corrected chi connectivity index (χ0v) is 9.87. The fraction of sp³-hybridized carbons (Fsp3) is 0.462. The van der Waals surface area contributed by atoms with Gasteiger partial charge < -0.3 is 4.74 Å². The number of fused-ring (bicyclic) bond motifs is 1. The van der Waals surface area contributed by atoms with Crippen LogP contribution in [0.4, 0.5) is 0 Å². The first-order valence-corrected chi connectivity index (χ1v) is 6.16. The molecule has 0 spiro atoms. The minimum atomic E-state index is -0.0426. The van der Waals surface area contributed by atoms with Crippen molar-refractivity contribution in [3.63, 3.8) is 0 Å². The first kappa shape index (κ1) is 11.6. The van der Waals surface area contributed by atoms with Crippen molar-refractivity contribution >= 4 is 17.4 Å². The molecular weight excluding hydrogens is 224 g/mol. The van der Waals surface area contributed by atoms with Gasteiger partial charge in [0.2, 0.25) is 0 Å². The second-order valence-corrected chi connectivity index (χ2v) is 4.35. The Morgan fingerprint density at radius 3 is 2.94 bits per heavy atom. The van der Waals surface area contributed by atoms with Gasteiger partial charge in [0.05, 0.1) is 6.10 Å². The molecule has 1 aliphatic rings. The number of Topliss-reactive ketones (excluding diaryl/α,β-unsaturated/α-hetero) is 1. The number of rotatable bonds is 5. The van der Waals surface area contributed by atoms with Gasteiger partial charge in [-0.1, -0.05) is 24.3 Å². The van der Waals surface area contributed by atoms with Crippen LogP contribution in [0.1, 0.15) is 41.3 Å². The van der Waals surface area contributed by atoms with E-state index in [0.29, 0.717) is 18.9 Å². The lowest BCUT2D eigenvalue weighted by Crippen LogP contribution is -2.02. The second kappa shape index (κ2) is 5.46. The van der Waals surface area contributed by atoms with Gasteiger partial charge in [-0.3, -0.25) is 4.79 Å². The van der Waals surface area contributed by atoms with Gasteiger partial charge in [-0.05, 0) is 18.4 Å². The van der Waals surface area contributed by atoms with E-state index in [1.807, 2.05) is 24.3 Å². The van der Waals surface area contributed by atoms with Gasteiger partial charge in [0.1, 0.15) is 0 Å². The summed E-state index contributed by atoms with van der Waals surface area (Å²) in [6.07, 6.45) is 2.36. The SMILES string of the molecule is O=C1CC(OCCCCCl)c2ccccc21. The lowest BCUT2D eigenvalue weighted by atomic mass is 10.1. The molecule has 86 valence electrons. The van der Waals surface area contributed by atoms with E-state index in [0.717, 1.165) is 24.0 Å². The van der Waals surface area contributed by atoms with Crippen molar-refractivity contribution in [1.82, 2.24) is 0 Å². The van der Waals surface area contributed by atoms with Gasteiger partial charge >= 0.3 is 0 Å². The van der Waals surface area contributed by atoms with Crippen molar-refractivity contribution < 1.29 is 9.53 Å². The molecule has 0 heterocycles. The van der Waals surface area contributed by atoms with Crippen LogP contribution in [0.15, 0.2) is 24.3 Å². The Morgan fingerprint density at radius 1 is 1.31 bits per heavy atom. The van der Waals surface area contributed by atoms with Gasteiger partial charge in [0, 0.05) is 24.5 Å². The molecule has 0 fully saturated rings. The predicted molar refractivity (Wildman–Crippen MR) is 64.0 cm³/mol. The topological polar surface area (TPSA) is 26.3 Å². The molecular formula is C13H15ClO2. The van der Waals surface area contributed by atoms with E-state index in [1.54, 1.807) is 0 Å². The van der Waals surface area contributed by atoms with E-state index in [1.165, 1.54) is 0 Å². The summed E-state index contributed by atoms with van der Waals surface area (Å²) in [4.78, 5) is 11.7. The van der Waals surface area contributed by atoms with Gasteiger partial charge in [0.25, 0.3) is 0 Å². The summed E-state index contributed by atoms with van der Waals surface area (Å²) in [6, 6.07) is 7.70. The molecule has 0 aromatic heterocycles. The number of unbranched alkanes of at least 4 members (excludes halogenated alkanes) is 1. The fourth-order valence-electron chi connectivity index (χ4n) is 1.99. The monoisotopic (exact) mass is 238 g/mol. The molecule has 1 aromatic carbocycles. The van der Waals surface area contributed by atoms with Crippen molar-refractivity contribution in [3.8, 4) is 0 Å². The number of hydrogen-bond acceptors (Lipinski definition) is 2. The highest BCUT2D eigenvalue weighted by molar-refractivity contribution is 6.17. The quantitative estimate of drug-likeness (QED) is 0.581. The second-order valence-electron chi connectivity index (χ2n) is 3.97. The average molecular weight is 239 g/mol. The molecule has 0 saturated heterocycles. The molecule has 2 nitrogen and oxygen atoms in total. The van der Waals surface area contributed by atoms with Crippen LogP contribution < -0.4 is 0 Å². The summed E-state index contributed by atoms with van der Waals surface area (Å²) in [5.41, 5.74) is 1.86. The maximum absolute atomic E-state index is 11.7. The van der Waals surface area contributed by atoms with E-state index < -0.39 is 0 Å². The Labute approximate surface area is 101 Å². The molecule has 1 unspecified atom stereocenters. The standard InChI is InChI=1S/C13H15ClO2/c14-7-3-4-8-16-13-9-12(15)10-5-1-2-6-11(10)13/h1-2,5-6,13H,3-4,7-9H2. The van der Waals surface area contributed by atoms with Crippen LogP contribution in [0.3, 0.4) is 0 Å². The first-order valence-electron chi connectivity index (χ1n) is 5.62.